The van der Waals surface area contributed by atoms with Crippen molar-refractivity contribution in [3.63, 3.8) is 0 Å². The molecule has 2 N–H and O–H groups in total. The SMILES string of the molecule is CN1C(=O)c2ccc(NC(=O)COC(=O)c3cccc(S(=O)(=O)NC4CC4)c3)cc2C1=O. The number of benzene rings is 2. The zero-order valence-corrected chi connectivity index (χ0v) is 17.8. The van der Waals surface area contributed by atoms with E-state index >= 15 is 0 Å². The number of anilines is 1. The third kappa shape index (κ3) is 4.39. The lowest BCUT2D eigenvalue weighted by Gasteiger charge is -2.09. The molecule has 2 aromatic carbocycles. The molecule has 4 rings (SSSR count). The average molecular weight is 457 g/mol. The third-order valence-electron chi connectivity index (χ3n) is 4.99. The van der Waals surface area contributed by atoms with Crippen LogP contribution < -0.4 is 10.0 Å². The smallest absolute Gasteiger partial charge is 0.338 e. The minimum absolute atomic E-state index is 0.0128. The number of nitrogens with one attached hydrogen (secondary N) is 2. The molecule has 1 fully saturated rings. The Morgan fingerprint density at radius 1 is 1.06 bits per heavy atom. The van der Waals surface area contributed by atoms with Crippen molar-refractivity contribution in [1.29, 1.82) is 0 Å². The quantitative estimate of drug-likeness (QED) is 0.470. The molecular formula is C21H19N3O7S. The third-order valence-corrected chi connectivity index (χ3v) is 6.51. The zero-order chi connectivity index (χ0) is 23.0. The minimum Gasteiger partial charge on any atom is -0.452 e. The van der Waals surface area contributed by atoms with Crippen molar-refractivity contribution in [1.82, 2.24) is 9.62 Å². The van der Waals surface area contributed by atoms with Gasteiger partial charge in [-0.05, 0) is 49.2 Å². The fourth-order valence-electron chi connectivity index (χ4n) is 3.13. The van der Waals surface area contributed by atoms with E-state index in [-0.39, 0.29) is 33.3 Å². The molecule has 0 saturated heterocycles. The number of amides is 3. The highest BCUT2D eigenvalue weighted by Gasteiger charge is 2.33. The summed E-state index contributed by atoms with van der Waals surface area (Å²) in [5.74, 6) is -2.42. The summed E-state index contributed by atoms with van der Waals surface area (Å²) in [5.41, 5.74) is 0.666. The van der Waals surface area contributed by atoms with Gasteiger partial charge >= 0.3 is 5.97 Å². The summed E-state index contributed by atoms with van der Waals surface area (Å²) in [6, 6.07) is 9.54. The number of esters is 1. The van der Waals surface area contributed by atoms with Crippen LogP contribution in [0.4, 0.5) is 5.69 Å². The van der Waals surface area contributed by atoms with Crippen molar-refractivity contribution in [3.8, 4) is 0 Å². The summed E-state index contributed by atoms with van der Waals surface area (Å²) in [4.78, 5) is 49.3. The van der Waals surface area contributed by atoms with Crippen molar-refractivity contribution in [2.24, 2.45) is 0 Å². The van der Waals surface area contributed by atoms with Crippen molar-refractivity contribution < 1.29 is 32.3 Å². The summed E-state index contributed by atoms with van der Waals surface area (Å²) in [7, 11) is -2.37. The van der Waals surface area contributed by atoms with Crippen LogP contribution in [0.15, 0.2) is 47.4 Å². The van der Waals surface area contributed by atoms with Crippen LogP contribution in [-0.2, 0) is 19.6 Å². The molecular weight excluding hydrogens is 438 g/mol. The van der Waals surface area contributed by atoms with Crippen LogP contribution in [0.1, 0.15) is 43.9 Å². The number of imide groups is 1. The number of hydrogen-bond donors (Lipinski definition) is 2. The number of carbonyl (C=O) groups excluding carboxylic acids is 4. The first-order valence-electron chi connectivity index (χ1n) is 9.71. The lowest BCUT2D eigenvalue weighted by Crippen LogP contribution is -2.26. The molecule has 11 heteroatoms. The molecule has 0 bridgehead atoms. The predicted molar refractivity (Wildman–Crippen MR) is 112 cm³/mol. The Balaban J connectivity index is 1.37. The number of carbonyl (C=O) groups is 4. The van der Waals surface area contributed by atoms with Crippen LogP contribution in [0.25, 0.3) is 0 Å². The van der Waals surface area contributed by atoms with Gasteiger partial charge in [0.2, 0.25) is 10.0 Å². The second-order valence-electron chi connectivity index (χ2n) is 7.48. The van der Waals surface area contributed by atoms with Crippen molar-refractivity contribution >= 4 is 39.4 Å². The number of sulfonamides is 1. The van der Waals surface area contributed by atoms with Gasteiger partial charge in [0.15, 0.2) is 6.61 Å². The second kappa shape index (κ2) is 8.17. The topological polar surface area (TPSA) is 139 Å². The van der Waals surface area contributed by atoms with Gasteiger partial charge in [-0.1, -0.05) is 6.07 Å². The first-order valence-corrected chi connectivity index (χ1v) is 11.2. The monoisotopic (exact) mass is 457 g/mol. The molecule has 1 aliphatic heterocycles. The second-order valence-corrected chi connectivity index (χ2v) is 9.19. The van der Waals surface area contributed by atoms with E-state index in [9.17, 15) is 27.6 Å². The van der Waals surface area contributed by atoms with Gasteiger partial charge in [0.05, 0.1) is 21.6 Å². The van der Waals surface area contributed by atoms with E-state index in [1.165, 1.54) is 49.5 Å². The van der Waals surface area contributed by atoms with Crippen LogP contribution in [0.5, 0.6) is 0 Å². The van der Waals surface area contributed by atoms with Gasteiger partial charge in [-0.15, -0.1) is 0 Å². The average Bonchev–Trinajstić information content (AvgIpc) is 3.55. The number of fused-ring (bicyclic) bond motifs is 1. The van der Waals surface area contributed by atoms with E-state index in [0.717, 1.165) is 17.7 Å². The van der Waals surface area contributed by atoms with Crippen LogP contribution >= 0.6 is 0 Å². The number of nitrogens with zero attached hydrogens (tertiary/aromatic N) is 1. The van der Waals surface area contributed by atoms with Gasteiger partial charge in [0.25, 0.3) is 17.7 Å². The van der Waals surface area contributed by atoms with Crippen LogP contribution in [0.2, 0.25) is 0 Å². The Morgan fingerprint density at radius 2 is 1.78 bits per heavy atom. The highest BCUT2D eigenvalue weighted by Crippen LogP contribution is 2.25. The van der Waals surface area contributed by atoms with E-state index < -0.39 is 40.3 Å². The first-order chi connectivity index (χ1) is 15.2. The maximum Gasteiger partial charge on any atom is 0.338 e. The van der Waals surface area contributed by atoms with Crippen LogP contribution in [0.3, 0.4) is 0 Å². The molecule has 1 heterocycles. The van der Waals surface area contributed by atoms with Gasteiger partial charge in [-0.25, -0.2) is 17.9 Å². The molecule has 0 unspecified atom stereocenters. The number of ether oxygens (including phenoxy) is 1. The van der Waals surface area contributed by atoms with Crippen molar-refractivity contribution in [2.75, 3.05) is 19.0 Å². The molecule has 2 aliphatic rings. The molecule has 0 spiro atoms. The Bertz CT molecular complexity index is 1250. The molecule has 166 valence electrons. The maximum absolute atomic E-state index is 12.3. The summed E-state index contributed by atoms with van der Waals surface area (Å²) >= 11 is 0. The predicted octanol–water partition coefficient (Wildman–Crippen LogP) is 1.15. The van der Waals surface area contributed by atoms with E-state index in [1.54, 1.807) is 0 Å². The van der Waals surface area contributed by atoms with Crippen LogP contribution in [-0.4, -0.2) is 56.7 Å². The fourth-order valence-corrected chi connectivity index (χ4v) is 4.48. The zero-order valence-electron chi connectivity index (χ0n) is 17.0. The highest BCUT2D eigenvalue weighted by molar-refractivity contribution is 7.89. The Kier molecular flexibility index (Phi) is 5.53. The molecule has 32 heavy (non-hydrogen) atoms. The normalized spacial score (nSPS) is 15.5. The Morgan fingerprint density at radius 3 is 2.50 bits per heavy atom. The minimum atomic E-state index is -3.73. The van der Waals surface area contributed by atoms with Crippen molar-refractivity contribution in [3.05, 3.63) is 59.2 Å². The molecule has 0 aromatic heterocycles. The largest absolute Gasteiger partial charge is 0.452 e. The van der Waals surface area contributed by atoms with Gasteiger partial charge < -0.3 is 10.1 Å². The molecule has 2 aromatic rings. The molecule has 0 atom stereocenters. The van der Waals surface area contributed by atoms with Crippen LogP contribution in [0, 0.1) is 0 Å². The Hall–Kier alpha value is -3.57. The van der Waals surface area contributed by atoms with Crippen molar-refractivity contribution in [2.45, 2.75) is 23.8 Å². The fraction of sp³-hybridized carbons (Fsp3) is 0.238. The van der Waals surface area contributed by atoms with Gasteiger partial charge in [-0.3, -0.25) is 19.3 Å². The maximum atomic E-state index is 12.3. The molecule has 10 nitrogen and oxygen atoms in total. The molecule has 3 amide bonds. The summed E-state index contributed by atoms with van der Waals surface area (Å²) in [5, 5.41) is 2.49. The Labute approximate surface area is 183 Å². The first kappa shape index (κ1) is 21.7. The summed E-state index contributed by atoms with van der Waals surface area (Å²) in [6.07, 6.45) is 1.56. The van der Waals surface area contributed by atoms with Gasteiger partial charge in [0, 0.05) is 18.8 Å². The van der Waals surface area contributed by atoms with E-state index in [2.05, 4.69) is 10.0 Å². The molecule has 1 aliphatic carbocycles. The van der Waals surface area contributed by atoms with Gasteiger partial charge in [0.1, 0.15) is 0 Å². The lowest BCUT2D eigenvalue weighted by atomic mass is 10.1. The molecule has 0 radical (unpaired) electrons. The highest BCUT2D eigenvalue weighted by atomic mass is 32.2. The number of hydrogen-bond acceptors (Lipinski definition) is 7. The summed E-state index contributed by atoms with van der Waals surface area (Å²) < 4.78 is 32.1. The van der Waals surface area contributed by atoms with E-state index in [1.807, 2.05) is 0 Å². The van der Waals surface area contributed by atoms with E-state index in [4.69, 9.17) is 4.74 Å². The standard InChI is InChI=1S/C21H19N3O7S/c1-24-19(26)16-8-7-14(10-17(16)20(24)27)22-18(25)11-31-21(28)12-3-2-4-15(9-12)32(29,30)23-13-5-6-13/h2-4,7-10,13,23H,5-6,11H2,1H3,(H,22,25). The molecule has 1 saturated carbocycles. The lowest BCUT2D eigenvalue weighted by molar-refractivity contribution is -0.119. The number of rotatable bonds is 7. The van der Waals surface area contributed by atoms with Gasteiger partial charge in [-0.2, -0.15) is 0 Å². The summed E-state index contributed by atoms with van der Waals surface area (Å²) in [6.45, 7) is -0.625. The van der Waals surface area contributed by atoms with E-state index in [0.29, 0.717) is 0 Å².